The molecule has 0 unspecified atom stereocenters. The van der Waals surface area contributed by atoms with Crippen LogP contribution in [0.1, 0.15) is 11.1 Å². The molecular formula is C10H13NO2. The van der Waals surface area contributed by atoms with Crippen molar-refractivity contribution >= 4 is 0 Å². The van der Waals surface area contributed by atoms with E-state index < -0.39 is 0 Å². The Bertz CT molecular complexity index is 323. The molecule has 0 aliphatic carbocycles. The standard InChI is InChI=1S/C10H13NO2/c1-7-4-8(6-11)5-9-10(7)13-3-2-12-9/h4-5H,2-3,6,11H2,1H3. The Morgan fingerprint density at radius 2 is 2.08 bits per heavy atom. The summed E-state index contributed by atoms with van der Waals surface area (Å²) in [6.07, 6.45) is 0. The molecule has 0 radical (unpaired) electrons. The van der Waals surface area contributed by atoms with Crippen molar-refractivity contribution in [2.24, 2.45) is 5.73 Å². The molecule has 0 aromatic heterocycles. The lowest BCUT2D eigenvalue weighted by Gasteiger charge is -2.20. The summed E-state index contributed by atoms with van der Waals surface area (Å²) in [5.74, 6) is 1.69. The number of hydrogen-bond donors (Lipinski definition) is 1. The number of nitrogens with two attached hydrogens (primary N) is 1. The second-order valence-electron chi connectivity index (χ2n) is 3.14. The van der Waals surface area contributed by atoms with Crippen LogP contribution in [-0.4, -0.2) is 13.2 Å². The van der Waals surface area contributed by atoms with Crippen LogP contribution in [0.3, 0.4) is 0 Å². The molecule has 0 atom stereocenters. The van der Waals surface area contributed by atoms with Crippen molar-refractivity contribution in [1.82, 2.24) is 0 Å². The van der Waals surface area contributed by atoms with Crippen molar-refractivity contribution in [1.29, 1.82) is 0 Å². The molecule has 0 spiro atoms. The average molecular weight is 179 g/mol. The molecule has 0 saturated carbocycles. The molecule has 13 heavy (non-hydrogen) atoms. The van der Waals surface area contributed by atoms with Gasteiger partial charge in [0.1, 0.15) is 13.2 Å². The first kappa shape index (κ1) is 8.38. The monoisotopic (exact) mass is 179 g/mol. The minimum atomic E-state index is 0.539. The Hall–Kier alpha value is -1.22. The molecule has 0 bridgehead atoms. The van der Waals surface area contributed by atoms with Gasteiger partial charge in [-0.1, -0.05) is 6.07 Å². The predicted octanol–water partition coefficient (Wildman–Crippen LogP) is 1.22. The zero-order chi connectivity index (χ0) is 9.26. The van der Waals surface area contributed by atoms with Gasteiger partial charge >= 0.3 is 0 Å². The van der Waals surface area contributed by atoms with Gasteiger partial charge in [-0.05, 0) is 24.1 Å². The number of fused-ring (bicyclic) bond motifs is 1. The minimum Gasteiger partial charge on any atom is -0.486 e. The Morgan fingerprint density at radius 1 is 1.31 bits per heavy atom. The predicted molar refractivity (Wildman–Crippen MR) is 50.1 cm³/mol. The van der Waals surface area contributed by atoms with Crippen molar-refractivity contribution in [3.8, 4) is 11.5 Å². The van der Waals surface area contributed by atoms with E-state index in [0.717, 1.165) is 22.6 Å². The minimum absolute atomic E-state index is 0.539. The SMILES string of the molecule is Cc1cc(CN)cc2c1OCCO2. The van der Waals surface area contributed by atoms with Gasteiger partial charge in [0, 0.05) is 6.54 Å². The van der Waals surface area contributed by atoms with E-state index in [-0.39, 0.29) is 0 Å². The number of benzene rings is 1. The maximum absolute atomic E-state index is 5.56. The van der Waals surface area contributed by atoms with Crippen LogP contribution >= 0.6 is 0 Å². The van der Waals surface area contributed by atoms with E-state index in [9.17, 15) is 0 Å². The van der Waals surface area contributed by atoms with Crippen LogP contribution in [0, 0.1) is 6.92 Å². The van der Waals surface area contributed by atoms with E-state index in [0.29, 0.717) is 19.8 Å². The molecule has 2 rings (SSSR count). The highest BCUT2D eigenvalue weighted by Crippen LogP contribution is 2.34. The van der Waals surface area contributed by atoms with Gasteiger partial charge in [0.25, 0.3) is 0 Å². The highest BCUT2D eigenvalue weighted by Gasteiger charge is 2.14. The van der Waals surface area contributed by atoms with Crippen molar-refractivity contribution in [3.05, 3.63) is 23.3 Å². The zero-order valence-corrected chi connectivity index (χ0v) is 7.67. The molecule has 1 aromatic carbocycles. The second-order valence-corrected chi connectivity index (χ2v) is 3.14. The highest BCUT2D eigenvalue weighted by atomic mass is 16.6. The lowest BCUT2D eigenvalue weighted by molar-refractivity contribution is 0.170. The van der Waals surface area contributed by atoms with Crippen LogP contribution in [0.4, 0.5) is 0 Å². The number of ether oxygens (including phenoxy) is 2. The van der Waals surface area contributed by atoms with Gasteiger partial charge in [-0.25, -0.2) is 0 Å². The first-order chi connectivity index (χ1) is 6.31. The maximum Gasteiger partial charge on any atom is 0.164 e. The summed E-state index contributed by atoms with van der Waals surface area (Å²) in [5, 5.41) is 0. The first-order valence-electron chi connectivity index (χ1n) is 4.40. The molecule has 1 aliphatic rings. The number of rotatable bonds is 1. The van der Waals surface area contributed by atoms with Crippen molar-refractivity contribution in [2.45, 2.75) is 13.5 Å². The number of aryl methyl sites for hydroxylation is 1. The Labute approximate surface area is 77.5 Å². The third kappa shape index (κ3) is 1.47. The third-order valence-electron chi connectivity index (χ3n) is 2.12. The summed E-state index contributed by atoms with van der Waals surface area (Å²) in [7, 11) is 0. The summed E-state index contributed by atoms with van der Waals surface area (Å²) in [6, 6.07) is 3.98. The summed E-state index contributed by atoms with van der Waals surface area (Å²) >= 11 is 0. The van der Waals surface area contributed by atoms with Gasteiger partial charge in [0.05, 0.1) is 0 Å². The molecular weight excluding hydrogens is 166 g/mol. The van der Waals surface area contributed by atoms with Crippen molar-refractivity contribution in [3.63, 3.8) is 0 Å². The molecule has 1 aliphatic heterocycles. The molecule has 0 fully saturated rings. The lowest BCUT2D eigenvalue weighted by atomic mass is 10.1. The summed E-state index contributed by atoms with van der Waals surface area (Å²) in [4.78, 5) is 0. The smallest absolute Gasteiger partial charge is 0.164 e. The van der Waals surface area contributed by atoms with E-state index in [1.165, 1.54) is 0 Å². The van der Waals surface area contributed by atoms with Crippen molar-refractivity contribution in [2.75, 3.05) is 13.2 Å². The van der Waals surface area contributed by atoms with Crippen LogP contribution in [0.25, 0.3) is 0 Å². The topological polar surface area (TPSA) is 44.5 Å². The van der Waals surface area contributed by atoms with Gasteiger partial charge in [0.2, 0.25) is 0 Å². The molecule has 3 nitrogen and oxygen atoms in total. The highest BCUT2D eigenvalue weighted by molar-refractivity contribution is 5.49. The van der Waals surface area contributed by atoms with Gasteiger partial charge in [-0.2, -0.15) is 0 Å². The van der Waals surface area contributed by atoms with Crippen LogP contribution in [0.5, 0.6) is 11.5 Å². The van der Waals surface area contributed by atoms with Crippen molar-refractivity contribution < 1.29 is 9.47 Å². The summed E-state index contributed by atoms with van der Waals surface area (Å²) < 4.78 is 11.0. The largest absolute Gasteiger partial charge is 0.486 e. The third-order valence-corrected chi connectivity index (χ3v) is 2.12. The molecule has 3 heteroatoms. The Balaban J connectivity index is 2.47. The van der Waals surface area contributed by atoms with Crippen LogP contribution in [-0.2, 0) is 6.54 Å². The van der Waals surface area contributed by atoms with Crippen LogP contribution in [0.2, 0.25) is 0 Å². The molecule has 70 valence electrons. The molecule has 1 aromatic rings. The van der Waals surface area contributed by atoms with Crippen LogP contribution < -0.4 is 15.2 Å². The van der Waals surface area contributed by atoms with E-state index >= 15 is 0 Å². The second kappa shape index (κ2) is 3.26. The summed E-state index contributed by atoms with van der Waals surface area (Å²) in [6.45, 7) is 3.81. The summed E-state index contributed by atoms with van der Waals surface area (Å²) in [5.41, 5.74) is 7.74. The van der Waals surface area contributed by atoms with E-state index in [1.54, 1.807) is 0 Å². The van der Waals surface area contributed by atoms with Crippen LogP contribution in [0.15, 0.2) is 12.1 Å². The molecule has 1 heterocycles. The fourth-order valence-corrected chi connectivity index (χ4v) is 1.52. The van der Waals surface area contributed by atoms with E-state index in [2.05, 4.69) is 0 Å². The van der Waals surface area contributed by atoms with Gasteiger partial charge in [-0.15, -0.1) is 0 Å². The fraction of sp³-hybridized carbons (Fsp3) is 0.400. The van der Waals surface area contributed by atoms with Gasteiger partial charge < -0.3 is 15.2 Å². The maximum atomic E-state index is 5.56. The Morgan fingerprint density at radius 3 is 2.85 bits per heavy atom. The quantitative estimate of drug-likeness (QED) is 0.705. The molecule has 2 N–H and O–H groups in total. The number of hydrogen-bond acceptors (Lipinski definition) is 3. The van der Waals surface area contributed by atoms with Gasteiger partial charge in [0.15, 0.2) is 11.5 Å². The molecule has 0 saturated heterocycles. The normalized spacial score (nSPS) is 14.3. The lowest BCUT2D eigenvalue weighted by Crippen LogP contribution is -2.16. The molecule has 0 amide bonds. The van der Waals surface area contributed by atoms with E-state index in [4.69, 9.17) is 15.2 Å². The van der Waals surface area contributed by atoms with Gasteiger partial charge in [-0.3, -0.25) is 0 Å². The average Bonchev–Trinajstić information content (AvgIpc) is 2.18. The zero-order valence-electron chi connectivity index (χ0n) is 7.67. The van der Waals surface area contributed by atoms with E-state index in [1.807, 2.05) is 19.1 Å². The fourth-order valence-electron chi connectivity index (χ4n) is 1.52. The first-order valence-corrected chi connectivity index (χ1v) is 4.40. The Kier molecular flexibility index (Phi) is 2.10.